The van der Waals surface area contributed by atoms with Crippen molar-refractivity contribution in [1.82, 2.24) is 10.6 Å². The lowest BCUT2D eigenvalue weighted by molar-refractivity contribution is -0.137. The Bertz CT molecular complexity index is 612. The quantitative estimate of drug-likeness (QED) is 0.630. The lowest BCUT2D eigenvalue weighted by atomic mass is 10.2. The number of carbonyl (C=O) groups is 3. The van der Waals surface area contributed by atoms with E-state index in [0.717, 1.165) is 0 Å². The molecule has 0 bridgehead atoms. The van der Waals surface area contributed by atoms with Crippen molar-refractivity contribution in [2.24, 2.45) is 0 Å². The van der Waals surface area contributed by atoms with E-state index in [-0.39, 0.29) is 17.3 Å². The molecule has 1 rings (SSSR count). The van der Waals surface area contributed by atoms with Crippen LogP contribution in [-0.2, 0) is 9.59 Å². The first kappa shape index (κ1) is 16.3. The Morgan fingerprint density at radius 1 is 1.24 bits per heavy atom. The van der Waals surface area contributed by atoms with E-state index in [1.54, 1.807) is 0 Å². The highest BCUT2D eigenvalue weighted by atomic mass is 35.5. The molecule has 0 unspecified atom stereocenters. The van der Waals surface area contributed by atoms with Crippen LogP contribution < -0.4 is 16.0 Å². The Labute approximate surface area is 124 Å². The van der Waals surface area contributed by atoms with Crippen molar-refractivity contribution in [2.45, 2.75) is 0 Å². The summed E-state index contributed by atoms with van der Waals surface area (Å²) in [6.45, 7) is -0.906. The summed E-state index contributed by atoms with van der Waals surface area (Å²) in [5.74, 6) is -1.82. The smallest absolute Gasteiger partial charge is 0.322 e. The Morgan fingerprint density at radius 3 is 2.52 bits per heavy atom. The Kier molecular flexibility index (Phi) is 5.98. The lowest BCUT2D eigenvalue weighted by Gasteiger charge is -2.09. The van der Waals surface area contributed by atoms with Gasteiger partial charge in [0.1, 0.15) is 6.54 Å². The molecule has 0 saturated heterocycles. The molecule has 0 aliphatic rings. The summed E-state index contributed by atoms with van der Waals surface area (Å²) < 4.78 is 0. The molecule has 0 aliphatic carbocycles. The molecule has 0 aromatic heterocycles. The van der Waals surface area contributed by atoms with Gasteiger partial charge in [-0.2, -0.15) is 5.26 Å². The molecule has 8 nitrogen and oxygen atoms in total. The van der Waals surface area contributed by atoms with E-state index < -0.39 is 24.5 Å². The maximum absolute atomic E-state index is 11.5. The van der Waals surface area contributed by atoms with Gasteiger partial charge in [0, 0.05) is 0 Å². The fourth-order valence-electron chi connectivity index (χ4n) is 1.25. The average molecular weight is 311 g/mol. The summed E-state index contributed by atoms with van der Waals surface area (Å²) >= 11 is 5.86. The van der Waals surface area contributed by atoms with Crippen LogP contribution in [0.4, 0.5) is 10.5 Å². The number of hydrogen-bond acceptors (Lipinski definition) is 4. The van der Waals surface area contributed by atoms with E-state index in [2.05, 4.69) is 16.0 Å². The van der Waals surface area contributed by atoms with Crippen LogP contribution in [0.2, 0.25) is 5.02 Å². The van der Waals surface area contributed by atoms with Crippen LogP contribution in [0.15, 0.2) is 18.2 Å². The number of amides is 3. The number of anilines is 1. The minimum atomic E-state index is -1.18. The predicted molar refractivity (Wildman–Crippen MR) is 73.8 cm³/mol. The number of urea groups is 1. The molecule has 21 heavy (non-hydrogen) atoms. The van der Waals surface area contributed by atoms with Crippen LogP contribution in [0, 0.1) is 11.3 Å². The van der Waals surface area contributed by atoms with Gasteiger partial charge >= 0.3 is 12.0 Å². The van der Waals surface area contributed by atoms with Crippen molar-refractivity contribution < 1.29 is 19.5 Å². The number of nitrogens with one attached hydrogen (secondary N) is 3. The average Bonchev–Trinajstić information content (AvgIpc) is 2.45. The minimum absolute atomic E-state index is 0.180. The van der Waals surface area contributed by atoms with Gasteiger partial charge in [-0.1, -0.05) is 11.6 Å². The normalized spacial score (nSPS) is 9.33. The van der Waals surface area contributed by atoms with Crippen LogP contribution in [-0.4, -0.2) is 36.1 Å². The highest BCUT2D eigenvalue weighted by molar-refractivity contribution is 6.33. The summed E-state index contributed by atoms with van der Waals surface area (Å²) in [6.07, 6.45) is 0. The Hall–Kier alpha value is -2.79. The third kappa shape index (κ3) is 5.80. The van der Waals surface area contributed by atoms with E-state index in [1.807, 2.05) is 6.07 Å². The maximum Gasteiger partial charge on any atom is 0.322 e. The van der Waals surface area contributed by atoms with Crippen molar-refractivity contribution >= 4 is 35.2 Å². The van der Waals surface area contributed by atoms with Gasteiger partial charge in [-0.3, -0.25) is 9.59 Å². The number of rotatable bonds is 5. The second kappa shape index (κ2) is 7.72. The number of hydrogen-bond donors (Lipinski definition) is 4. The molecule has 0 saturated carbocycles. The van der Waals surface area contributed by atoms with Gasteiger partial charge in [-0.05, 0) is 18.2 Å². The zero-order chi connectivity index (χ0) is 15.8. The van der Waals surface area contributed by atoms with Crippen molar-refractivity contribution in [1.29, 1.82) is 5.26 Å². The van der Waals surface area contributed by atoms with Crippen LogP contribution in [0.25, 0.3) is 0 Å². The number of benzene rings is 1. The molecule has 1 aromatic carbocycles. The van der Waals surface area contributed by atoms with Gasteiger partial charge < -0.3 is 21.1 Å². The summed E-state index contributed by atoms with van der Waals surface area (Å²) in [5, 5.41) is 23.9. The first-order chi connectivity index (χ1) is 9.92. The fraction of sp³-hybridized carbons (Fsp3) is 0.167. The first-order valence-electron chi connectivity index (χ1n) is 5.65. The highest BCUT2D eigenvalue weighted by Gasteiger charge is 2.09. The van der Waals surface area contributed by atoms with E-state index >= 15 is 0 Å². The number of nitriles is 1. The van der Waals surface area contributed by atoms with E-state index in [1.165, 1.54) is 18.2 Å². The van der Waals surface area contributed by atoms with Gasteiger partial charge in [-0.15, -0.1) is 0 Å². The zero-order valence-corrected chi connectivity index (χ0v) is 11.4. The maximum atomic E-state index is 11.5. The number of carbonyl (C=O) groups excluding carboxylic acids is 2. The molecule has 0 fully saturated rings. The first-order valence-corrected chi connectivity index (χ1v) is 6.03. The second-order valence-corrected chi connectivity index (χ2v) is 4.19. The van der Waals surface area contributed by atoms with Gasteiger partial charge in [0.15, 0.2) is 0 Å². The molecular weight excluding hydrogens is 300 g/mol. The topological polar surface area (TPSA) is 131 Å². The number of nitrogens with zero attached hydrogens (tertiary/aromatic N) is 1. The largest absolute Gasteiger partial charge is 0.480 e. The van der Waals surface area contributed by atoms with Crippen LogP contribution in [0.5, 0.6) is 0 Å². The molecular formula is C12H11ClN4O4. The molecule has 110 valence electrons. The van der Waals surface area contributed by atoms with Crippen LogP contribution in [0.3, 0.4) is 0 Å². The van der Waals surface area contributed by atoms with Crippen molar-refractivity contribution in [3.05, 3.63) is 28.8 Å². The Balaban J connectivity index is 2.46. The summed E-state index contributed by atoms with van der Waals surface area (Å²) in [4.78, 5) is 32.9. The van der Waals surface area contributed by atoms with Gasteiger partial charge in [0.25, 0.3) is 0 Å². The molecule has 0 radical (unpaired) electrons. The van der Waals surface area contributed by atoms with E-state index in [0.29, 0.717) is 5.56 Å². The highest BCUT2D eigenvalue weighted by Crippen LogP contribution is 2.22. The second-order valence-electron chi connectivity index (χ2n) is 3.78. The van der Waals surface area contributed by atoms with Crippen molar-refractivity contribution in [3.63, 3.8) is 0 Å². The molecule has 9 heteroatoms. The number of aliphatic carboxylic acids is 1. The number of carboxylic acids is 1. The summed E-state index contributed by atoms with van der Waals surface area (Å²) in [7, 11) is 0. The zero-order valence-electron chi connectivity index (χ0n) is 10.6. The molecule has 3 amide bonds. The molecule has 0 spiro atoms. The standard InChI is InChI=1S/C12H11ClN4O4/c13-8-3-7(4-14)1-2-9(8)17-12(21)16-5-10(18)15-6-11(19)20/h1-3H,5-6H2,(H,15,18)(H,19,20)(H2,16,17,21). The van der Waals surface area contributed by atoms with Crippen molar-refractivity contribution in [2.75, 3.05) is 18.4 Å². The third-order valence-electron chi connectivity index (χ3n) is 2.19. The van der Waals surface area contributed by atoms with Crippen molar-refractivity contribution in [3.8, 4) is 6.07 Å². The van der Waals surface area contributed by atoms with Gasteiger partial charge in [0.2, 0.25) is 5.91 Å². The molecule has 4 N–H and O–H groups in total. The minimum Gasteiger partial charge on any atom is -0.480 e. The van der Waals surface area contributed by atoms with Crippen LogP contribution >= 0.6 is 11.6 Å². The lowest BCUT2D eigenvalue weighted by Crippen LogP contribution is -2.40. The molecule has 0 heterocycles. The van der Waals surface area contributed by atoms with E-state index in [9.17, 15) is 14.4 Å². The summed E-state index contributed by atoms with van der Waals surface area (Å²) in [6, 6.07) is 5.52. The SMILES string of the molecule is N#Cc1ccc(NC(=O)NCC(=O)NCC(=O)O)c(Cl)c1. The Morgan fingerprint density at radius 2 is 1.95 bits per heavy atom. The molecule has 0 atom stereocenters. The van der Waals surface area contributed by atoms with Crippen LogP contribution in [0.1, 0.15) is 5.56 Å². The summed E-state index contributed by atoms with van der Waals surface area (Å²) in [5.41, 5.74) is 0.623. The number of carboxylic acid groups (broad SMARTS) is 1. The predicted octanol–water partition coefficient (Wildman–Crippen LogP) is 0.534. The third-order valence-corrected chi connectivity index (χ3v) is 2.51. The number of halogens is 1. The fourth-order valence-corrected chi connectivity index (χ4v) is 1.48. The molecule has 1 aromatic rings. The molecule has 0 aliphatic heterocycles. The van der Waals surface area contributed by atoms with Gasteiger partial charge in [-0.25, -0.2) is 4.79 Å². The van der Waals surface area contributed by atoms with E-state index in [4.69, 9.17) is 22.0 Å². The monoisotopic (exact) mass is 310 g/mol. The van der Waals surface area contributed by atoms with Gasteiger partial charge in [0.05, 0.1) is 28.9 Å².